The van der Waals surface area contributed by atoms with Crippen molar-refractivity contribution in [3.63, 3.8) is 0 Å². The SMILES string of the molecule is C[C@@H](NC(=O)c1cn(C2(C)CN(C(=O)O)C2)c(=O)cc1NC1CCN(C)CC1)c1cccc(C(F)F)c1F. The predicted octanol–water partition coefficient (Wildman–Crippen LogP) is 3.63. The number of carboxylic acid groups (broad SMARTS) is 1. The molecule has 2 fully saturated rings. The first-order valence-corrected chi connectivity index (χ1v) is 12.5. The lowest BCUT2D eigenvalue weighted by Gasteiger charge is -2.47. The summed E-state index contributed by atoms with van der Waals surface area (Å²) in [6, 6.07) is 4.04. The fourth-order valence-electron chi connectivity index (χ4n) is 5.12. The number of alkyl halides is 2. The minimum atomic E-state index is -3.00. The van der Waals surface area contributed by atoms with Crippen LogP contribution in [0.15, 0.2) is 35.3 Å². The third-order valence-electron chi connectivity index (χ3n) is 7.40. The van der Waals surface area contributed by atoms with Crippen molar-refractivity contribution < 1.29 is 27.9 Å². The van der Waals surface area contributed by atoms with Crippen molar-refractivity contribution in [2.75, 3.05) is 38.5 Å². The molecule has 0 radical (unpaired) electrons. The van der Waals surface area contributed by atoms with Crippen LogP contribution in [-0.4, -0.2) is 70.7 Å². The molecular formula is C26H32F3N5O4. The van der Waals surface area contributed by atoms with Gasteiger partial charge in [-0.2, -0.15) is 0 Å². The number of rotatable bonds is 7. The normalized spacial score (nSPS) is 18.7. The molecule has 0 unspecified atom stereocenters. The number of pyridine rings is 1. The lowest BCUT2D eigenvalue weighted by molar-refractivity contribution is 0.0285. The number of halogens is 3. The second-order valence-electron chi connectivity index (χ2n) is 10.4. The minimum absolute atomic E-state index is 0.0207. The molecule has 2 aliphatic rings. The van der Waals surface area contributed by atoms with Crippen molar-refractivity contribution in [1.82, 2.24) is 19.7 Å². The zero-order valence-corrected chi connectivity index (χ0v) is 21.5. The quantitative estimate of drug-likeness (QED) is 0.500. The number of hydrogen-bond donors (Lipinski definition) is 3. The number of likely N-dealkylation sites (tertiary alicyclic amines) is 2. The maximum absolute atomic E-state index is 14.7. The van der Waals surface area contributed by atoms with Gasteiger partial charge in [0.15, 0.2) is 0 Å². The summed E-state index contributed by atoms with van der Waals surface area (Å²) in [6.07, 6.45) is -1.11. The van der Waals surface area contributed by atoms with Crippen molar-refractivity contribution in [1.29, 1.82) is 0 Å². The van der Waals surface area contributed by atoms with Crippen molar-refractivity contribution in [3.8, 4) is 0 Å². The van der Waals surface area contributed by atoms with Crippen LogP contribution in [0.2, 0.25) is 0 Å². The van der Waals surface area contributed by atoms with E-state index in [4.69, 9.17) is 0 Å². The number of benzene rings is 1. The second-order valence-corrected chi connectivity index (χ2v) is 10.4. The Balaban J connectivity index is 1.66. The molecule has 0 bridgehead atoms. The van der Waals surface area contributed by atoms with E-state index >= 15 is 0 Å². The minimum Gasteiger partial charge on any atom is -0.465 e. The van der Waals surface area contributed by atoms with Crippen LogP contribution >= 0.6 is 0 Å². The topological polar surface area (TPSA) is 107 Å². The summed E-state index contributed by atoms with van der Waals surface area (Å²) in [5, 5.41) is 15.2. The van der Waals surface area contributed by atoms with Crippen molar-refractivity contribution in [2.24, 2.45) is 0 Å². The number of hydrogen-bond acceptors (Lipinski definition) is 5. The Labute approximate surface area is 218 Å². The molecule has 2 aromatic rings. The monoisotopic (exact) mass is 535 g/mol. The maximum Gasteiger partial charge on any atom is 0.407 e. The van der Waals surface area contributed by atoms with E-state index in [1.807, 2.05) is 7.05 Å². The van der Waals surface area contributed by atoms with Gasteiger partial charge >= 0.3 is 6.09 Å². The smallest absolute Gasteiger partial charge is 0.407 e. The van der Waals surface area contributed by atoms with E-state index in [0.717, 1.165) is 36.9 Å². The number of anilines is 1. The Morgan fingerprint density at radius 3 is 2.39 bits per heavy atom. The molecule has 0 aliphatic carbocycles. The number of aromatic nitrogens is 1. The average Bonchev–Trinajstić information content (AvgIpc) is 2.83. The molecular weight excluding hydrogens is 503 g/mol. The lowest BCUT2D eigenvalue weighted by Crippen LogP contribution is -2.64. The number of carbonyl (C=O) groups excluding carboxylic acids is 1. The summed E-state index contributed by atoms with van der Waals surface area (Å²) >= 11 is 0. The molecule has 9 nitrogen and oxygen atoms in total. The van der Waals surface area contributed by atoms with Crippen LogP contribution in [0.4, 0.5) is 23.7 Å². The highest BCUT2D eigenvalue weighted by molar-refractivity contribution is 5.99. The summed E-state index contributed by atoms with van der Waals surface area (Å²) in [4.78, 5) is 41.2. The first kappa shape index (κ1) is 27.5. The fraction of sp³-hybridized carbons (Fsp3) is 0.500. The van der Waals surface area contributed by atoms with Crippen molar-refractivity contribution in [2.45, 2.75) is 50.7 Å². The van der Waals surface area contributed by atoms with E-state index < -0.39 is 46.9 Å². The molecule has 12 heteroatoms. The molecule has 2 saturated heterocycles. The van der Waals surface area contributed by atoms with E-state index in [1.54, 1.807) is 6.92 Å². The Morgan fingerprint density at radius 1 is 1.16 bits per heavy atom. The molecule has 2 amide bonds. The summed E-state index contributed by atoms with van der Waals surface area (Å²) in [5.41, 5.74) is -1.64. The number of nitrogens with one attached hydrogen (secondary N) is 2. The van der Waals surface area contributed by atoms with Crippen molar-refractivity contribution in [3.05, 3.63) is 63.3 Å². The van der Waals surface area contributed by atoms with E-state index in [1.165, 1.54) is 35.9 Å². The van der Waals surface area contributed by atoms with Crippen LogP contribution in [0.1, 0.15) is 60.6 Å². The van der Waals surface area contributed by atoms with Crippen LogP contribution in [-0.2, 0) is 5.54 Å². The average molecular weight is 536 g/mol. The van der Waals surface area contributed by atoms with E-state index in [2.05, 4.69) is 15.5 Å². The third-order valence-corrected chi connectivity index (χ3v) is 7.40. The van der Waals surface area contributed by atoms with Crippen LogP contribution < -0.4 is 16.2 Å². The molecule has 1 aromatic heterocycles. The standard InChI is InChI=1S/C26H32F3N5O4/c1-15(17-5-4-6-18(22(17)27)23(28)29)30-24(36)19-12-34(26(2)13-33(14-26)25(37)38)21(35)11-20(19)31-16-7-9-32(3)10-8-16/h4-6,11-12,15-16,23,31H,7-10,13-14H2,1-3H3,(H,30,36)(H,37,38)/t15-/m1/s1. The van der Waals surface area contributed by atoms with Gasteiger partial charge in [0, 0.05) is 37.0 Å². The van der Waals surface area contributed by atoms with Crippen LogP contribution in [0.3, 0.4) is 0 Å². The van der Waals surface area contributed by atoms with E-state index in [9.17, 15) is 32.7 Å². The Kier molecular flexibility index (Phi) is 7.73. The zero-order valence-electron chi connectivity index (χ0n) is 21.5. The fourth-order valence-corrected chi connectivity index (χ4v) is 5.12. The molecule has 4 rings (SSSR count). The van der Waals surface area contributed by atoms with Gasteiger partial charge in [0.05, 0.1) is 28.4 Å². The molecule has 206 valence electrons. The van der Waals surface area contributed by atoms with Gasteiger partial charge in [0.25, 0.3) is 17.9 Å². The molecule has 2 aliphatic heterocycles. The first-order chi connectivity index (χ1) is 17.9. The third kappa shape index (κ3) is 5.50. The molecule has 0 saturated carbocycles. The maximum atomic E-state index is 14.7. The van der Waals surface area contributed by atoms with Crippen LogP contribution in [0, 0.1) is 5.82 Å². The Bertz CT molecular complexity index is 1270. The Morgan fingerprint density at radius 2 is 1.79 bits per heavy atom. The van der Waals surface area contributed by atoms with Gasteiger partial charge < -0.3 is 30.1 Å². The van der Waals surface area contributed by atoms with Gasteiger partial charge in [0.1, 0.15) is 5.82 Å². The summed E-state index contributed by atoms with van der Waals surface area (Å²) in [6.45, 7) is 5.06. The van der Waals surface area contributed by atoms with Crippen LogP contribution in [0.5, 0.6) is 0 Å². The van der Waals surface area contributed by atoms with E-state index in [-0.39, 0.29) is 30.3 Å². The highest BCUT2D eigenvalue weighted by atomic mass is 19.3. The molecule has 1 atom stereocenters. The Hall–Kier alpha value is -3.54. The highest BCUT2D eigenvalue weighted by Crippen LogP contribution is 2.30. The summed E-state index contributed by atoms with van der Waals surface area (Å²) < 4.78 is 42.5. The number of nitrogens with zero attached hydrogens (tertiary/aromatic N) is 3. The highest BCUT2D eigenvalue weighted by Gasteiger charge is 2.44. The van der Waals surface area contributed by atoms with Crippen molar-refractivity contribution >= 4 is 17.7 Å². The predicted molar refractivity (Wildman–Crippen MR) is 135 cm³/mol. The van der Waals surface area contributed by atoms with Gasteiger partial charge in [0.2, 0.25) is 0 Å². The molecule has 3 N–H and O–H groups in total. The van der Waals surface area contributed by atoms with Gasteiger partial charge in [-0.3, -0.25) is 9.59 Å². The van der Waals surface area contributed by atoms with Gasteiger partial charge in [-0.25, -0.2) is 18.0 Å². The number of piperidine rings is 1. The van der Waals surface area contributed by atoms with Gasteiger partial charge in [-0.05, 0) is 46.8 Å². The molecule has 3 heterocycles. The first-order valence-electron chi connectivity index (χ1n) is 12.5. The molecule has 0 spiro atoms. The molecule has 38 heavy (non-hydrogen) atoms. The van der Waals surface area contributed by atoms with E-state index in [0.29, 0.717) is 5.69 Å². The number of amides is 2. The van der Waals surface area contributed by atoms with Gasteiger partial charge in [-0.15, -0.1) is 0 Å². The zero-order chi connectivity index (χ0) is 27.8. The van der Waals surface area contributed by atoms with Crippen LogP contribution in [0.25, 0.3) is 0 Å². The van der Waals surface area contributed by atoms with Gasteiger partial charge in [-0.1, -0.05) is 18.2 Å². The summed E-state index contributed by atoms with van der Waals surface area (Å²) in [5.74, 6) is -1.71. The molecule has 1 aromatic carbocycles. The largest absolute Gasteiger partial charge is 0.465 e. The second kappa shape index (κ2) is 10.7. The summed E-state index contributed by atoms with van der Waals surface area (Å²) in [7, 11) is 2.01. The number of carbonyl (C=O) groups is 2. The lowest BCUT2D eigenvalue weighted by atomic mass is 9.91.